The van der Waals surface area contributed by atoms with Crippen molar-refractivity contribution in [1.29, 1.82) is 0 Å². The Morgan fingerprint density at radius 3 is 3.00 bits per heavy atom. The molecule has 2 nitrogen and oxygen atoms in total. The topological polar surface area (TPSA) is 15.3 Å². The van der Waals surface area contributed by atoms with Crippen molar-refractivity contribution in [3.63, 3.8) is 0 Å². The highest BCUT2D eigenvalue weighted by atomic mass is 79.9. The van der Waals surface area contributed by atoms with E-state index in [1.807, 2.05) is 0 Å². The lowest BCUT2D eigenvalue weighted by Gasteiger charge is -2.26. The first-order chi connectivity index (χ1) is 7.66. The molecule has 2 rings (SSSR count). The van der Waals surface area contributed by atoms with E-state index < -0.39 is 0 Å². The van der Waals surface area contributed by atoms with Gasteiger partial charge in [0, 0.05) is 28.1 Å². The van der Waals surface area contributed by atoms with Crippen molar-refractivity contribution in [2.45, 2.75) is 19.4 Å². The second-order valence-electron chi connectivity index (χ2n) is 4.25. The average Bonchev–Trinajstić information content (AvgIpc) is 2.46. The van der Waals surface area contributed by atoms with Gasteiger partial charge in [-0.2, -0.15) is 0 Å². The molecule has 1 fully saturated rings. The molecule has 1 aliphatic rings. The molecule has 1 aromatic carbocycles. The second kappa shape index (κ2) is 5.52. The summed E-state index contributed by atoms with van der Waals surface area (Å²) in [5, 5.41) is 3.51. The lowest BCUT2D eigenvalue weighted by molar-refractivity contribution is 0.584. The van der Waals surface area contributed by atoms with Crippen molar-refractivity contribution in [1.82, 2.24) is 5.32 Å². The first-order valence-corrected chi connectivity index (χ1v) is 7.19. The van der Waals surface area contributed by atoms with Gasteiger partial charge in [0.15, 0.2) is 0 Å². The Morgan fingerprint density at radius 1 is 1.38 bits per heavy atom. The van der Waals surface area contributed by atoms with Gasteiger partial charge in [-0.3, -0.25) is 0 Å². The molecular weight excluding hydrogens is 332 g/mol. The lowest BCUT2D eigenvalue weighted by Crippen LogP contribution is -2.35. The van der Waals surface area contributed by atoms with Gasteiger partial charge >= 0.3 is 0 Å². The minimum Gasteiger partial charge on any atom is -0.369 e. The molecule has 0 saturated carbocycles. The van der Waals surface area contributed by atoms with Crippen LogP contribution in [-0.2, 0) is 0 Å². The van der Waals surface area contributed by atoms with Crippen LogP contribution in [0.2, 0.25) is 0 Å². The smallest absolute Gasteiger partial charge is 0.0522 e. The van der Waals surface area contributed by atoms with Gasteiger partial charge in [0.1, 0.15) is 0 Å². The Kier molecular flexibility index (Phi) is 4.27. The summed E-state index contributed by atoms with van der Waals surface area (Å²) in [4.78, 5) is 2.44. The third kappa shape index (κ3) is 2.99. The molecule has 16 heavy (non-hydrogen) atoms. The van der Waals surface area contributed by atoms with Crippen molar-refractivity contribution in [3.05, 3.63) is 27.1 Å². The van der Waals surface area contributed by atoms with Crippen LogP contribution in [0, 0.1) is 0 Å². The SMILES string of the molecule is CC1CN(c2cc(Br)ccc2Br)CCCN1. The third-order valence-corrected chi connectivity index (χ3v) is 4.00. The fraction of sp³-hybridized carbons (Fsp3) is 0.500. The number of halogens is 2. The van der Waals surface area contributed by atoms with E-state index in [9.17, 15) is 0 Å². The highest BCUT2D eigenvalue weighted by Gasteiger charge is 2.16. The maximum atomic E-state index is 3.63. The summed E-state index contributed by atoms with van der Waals surface area (Å²) in [6, 6.07) is 6.89. The Hall–Kier alpha value is -0.0600. The molecule has 1 N–H and O–H groups in total. The van der Waals surface area contributed by atoms with Crippen LogP contribution in [0.4, 0.5) is 5.69 Å². The Balaban J connectivity index is 2.24. The van der Waals surface area contributed by atoms with E-state index in [2.05, 4.69) is 67.2 Å². The standard InChI is InChI=1S/C12H16Br2N2/c1-9-8-16(6-2-5-15-9)12-7-10(13)3-4-11(12)14/h3-4,7,9,15H,2,5-6,8H2,1H3. The van der Waals surface area contributed by atoms with Crippen molar-refractivity contribution in [2.75, 3.05) is 24.5 Å². The predicted molar refractivity (Wildman–Crippen MR) is 76.1 cm³/mol. The number of hydrogen-bond acceptors (Lipinski definition) is 2. The minimum absolute atomic E-state index is 0.549. The largest absolute Gasteiger partial charge is 0.369 e. The average molecular weight is 348 g/mol. The van der Waals surface area contributed by atoms with Crippen LogP contribution in [-0.4, -0.2) is 25.7 Å². The van der Waals surface area contributed by atoms with Crippen LogP contribution in [0.25, 0.3) is 0 Å². The summed E-state index contributed by atoms with van der Waals surface area (Å²) in [7, 11) is 0. The van der Waals surface area contributed by atoms with Gasteiger partial charge in [0.05, 0.1) is 5.69 Å². The first-order valence-electron chi connectivity index (χ1n) is 5.60. The first kappa shape index (κ1) is 12.4. The molecule has 0 bridgehead atoms. The summed E-state index contributed by atoms with van der Waals surface area (Å²) in [5.74, 6) is 0. The molecule has 1 unspecified atom stereocenters. The van der Waals surface area contributed by atoms with E-state index in [0.717, 1.165) is 24.1 Å². The lowest BCUT2D eigenvalue weighted by atomic mass is 10.2. The molecule has 0 amide bonds. The predicted octanol–water partition coefficient (Wildman–Crippen LogP) is 3.40. The maximum absolute atomic E-state index is 3.63. The summed E-state index contributed by atoms with van der Waals surface area (Å²) < 4.78 is 2.31. The van der Waals surface area contributed by atoms with Crippen molar-refractivity contribution in [3.8, 4) is 0 Å². The normalized spacial score (nSPS) is 21.9. The fourth-order valence-corrected chi connectivity index (χ4v) is 2.90. The van der Waals surface area contributed by atoms with E-state index in [1.54, 1.807) is 0 Å². The maximum Gasteiger partial charge on any atom is 0.0522 e. The summed E-state index contributed by atoms with van der Waals surface area (Å²) in [6.07, 6.45) is 1.20. The van der Waals surface area contributed by atoms with Crippen LogP contribution in [0.15, 0.2) is 27.1 Å². The Labute approximate surface area is 114 Å². The van der Waals surface area contributed by atoms with Gasteiger partial charge in [-0.15, -0.1) is 0 Å². The van der Waals surface area contributed by atoms with Crippen LogP contribution in [0.1, 0.15) is 13.3 Å². The van der Waals surface area contributed by atoms with Crippen LogP contribution in [0.3, 0.4) is 0 Å². The molecule has 1 aliphatic heterocycles. The zero-order valence-corrected chi connectivity index (χ0v) is 12.5. The molecule has 1 atom stereocenters. The number of hydrogen-bond donors (Lipinski definition) is 1. The fourth-order valence-electron chi connectivity index (χ4n) is 2.05. The molecule has 1 heterocycles. The molecule has 0 spiro atoms. The molecule has 0 aromatic heterocycles. The number of nitrogens with zero attached hydrogens (tertiary/aromatic N) is 1. The molecule has 1 aromatic rings. The number of anilines is 1. The molecule has 0 aliphatic carbocycles. The van der Waals surface area contributed by atoms with Crippen molar-refractivity contribution < 1.29 is 0 Å². The van der Waals surface area contributed by atoms with Gasteiger partial charge in [-0.1, -0.05) is 15.9 Å². The third-order valence-electron chi connectivity index (χ3n) is 2.84. The molecule has 0 radical (unpaired) electrons. The Morgan fingerprint density at radius 2 is 2.19 bits per heavy atom. The number of nitrogens with one attached hydrogen (secondary N) is 1. The highest BCUT2D eigenvalue weighted by Crippen LogP contribution is 2.30. The van der Waals surface area contributed by atoms with E-state index in [0.29, 0.717) is 6.04 Å². The van der Waals surface area contributed by atoms with E-state index in [4.69, 9.17) is 0 Å². The van der Waals surface area contributed by atoms with E-state index in [-0.39, 0.29) is 0 Å². The van der Waals surface area contributed by atoms with Crippen molar-refractivity contribution >= 4 is 37.5 Å². The second-order valence-corrected chi connectivity index (χ2v) is 6.02. The zero-order valence-electron chi connectivity index (χ0n) is 9.34. The van der Waals surface area contributed by atoms with Gasteiger partial charge in [-0.05, 0) is 54.0 Å². The van der Waals surface area contributed by atoms with Gasteiger partial charge < -0.3 is 10.2 Å². The molecule has 4 heteroatoms. The quantitative estimate of drug-likeness (QED) is 0.837. The van der Waals surface area contributed by atoms with E-state index in [1.165, 1.54) is 16.6 Å². The molecule has 88 valence electrons. The van der Waals surface area contributed by atoms with Gasteiger partial charge in [0.25, 0.3) is 0 Å². The van der Waals surface area contributed by atoms with E-state index >= 15 is 0 Å². The van der Waals surface area contributed by atoms with Crippen LogP contribution < -0.4 is 10.2 Å². The van der Waals surface area contributed by atoms with Gasteiger partial charge in [0.2, 0.25) is 0 Å². The van der Waals surface area contributed by atoms with Gasteiger partial charge in [-0.25, -0.2) is 0 Å². The number of benzene rings is 1. The number of rotatable bonds is 1. The van der Waals surface area contributed by atoms with Crippen LogP contribution >= 0.6 is 31.9 Å². The molecule has 1 saturated heterocycles. The Bertz CT molecular complexity index is 368. The molecular formula is C12H16Br2N2. The summed E-state index contributed by atoms with van der Waals surface area (Å²) in [5.41, 5.74) is 1.28. The summed E-state index contributed by atoms with van der Waals surface area (Å²) >= 11 is 7.16. The van der Waals surface area contributed by atoms with Crippen LogP contribution in [0.5, 0.6) is 0 Å². The van der Waals surface area contributed by atoms with Crippen molar-refractivity contribution in [2.24, 2.45) is 0 Å². The summed E-state index contributed by atoms with van der Waals surface area (Å²) in [6.45, 7) is 5.54. The monoisotopic (exact) mass is 346 g/mol. The highest BCUT2D eigenvalue weighted by molar-refractivity contribution is 9.11. The zero-order chi connectivity index (χ0) is 11.5. The minimum atomic E-state index is 0.549.